The van der Waals surface area contributed by atoms with Gasteiger partial charge in [-0.3, -0.25) is 30.0 Å². The van der Waals surface area contributed by atoms with Gasteiger partial charge in [-0.1, -0.05) is 25.1 Å². The second kappa shape index (κ2) is 9.06. The number of fused-ring (bicyclic) bond motifs is 1. The zero-order valence-electron chi connectivity index (χ0n) is 17.5. The first-order valence-corrected chi connectivity index (χ1v) is 10.3. The van der Waals surface area contributed by atoms with E-state index in [1.807, 2.05) is 0 Å². The Kier molecular flexibility index (Phi) is 6.49. The van der Waals surface area contributed by atoms with Gasteiger partial charge in [-0.25, -0.2) is 4.68 Å². The van der Waals surface area contributed by atoms with E-state index in [0.717, 1.165) is 12.8 Å². The minimum atomic E-state index is -0.627. The lowest BCUT2D eigenvalue weighted by atomic mass is 10.0. The Balaban J connectivity index is 1.82. The molecule has 1 aromatic heterocycles. The quantitative estimate of drug-likeness (QED) is 0.738. The van der Waals surface area contributed by atoms with E-state index in [1.54, 1.807) is 49.9 Å². The molecule has 1 saturated heterocycles. The molecular formula is C21H27N5O4. The van der Waals surface area contributed by atoms with Gasteiger partial charge in [-0.05, 0) is 39.2 Å². The zero-order chi connectivity index (χ0) is 21.8. The van der Waals surface area contributed by atoms with Crippen LogP contribution in [0.15, 0.2) is 29.1 Å². The van der Waals surface area contributed by atoms with Gasteiger partial charge in [0.15, 0.2) is 5.69 Å². The third-order valence-electron chi connectivity index (χ3n) is 5.26. The Morgan fingerprint density at radius 2 is 1.83 bits per heavy atom. The van der Waals surface area contributed by atoms with E-state index < -0.39 is 17.9 Å². The van der Waals surface area contributed by atoms with Gasteiger partial charge in [-0.15, -0.1) is 0 Å². The summed E-state index contributed by atoms with van der Waals surface area (Å²) in [5.74, 6) is -1.15. The molecule has 1 aliphatic heterocycles. The van der Waals surface area contributed by atoms with E-state index in [4.69, 9.17) is 0 Å². The third kappa shape index (κ3) is 4.19. The van der Waals surface area contributed by atoms with Crippen LogP contribution in [0.4, 0.5) is 0 Å². The fraction of sp³-hybridized carbons (Fsp3) is 0.476. The standard InChI is InChI=1S/C21H27N5O4/c1-4-17(27)25-12-8-7-11-16(25)19(28)22-23-20(29)18-14-9-5-6-10-15(14)21(30)26(24-18)13(2)3/h5-6,9-10,13,16H,4,7-8,11-12H2,1-3H3,(H,22,28)(H,23,29). The molecule has 9 nitrogen and oxygen atoms in total. The van der Waals surface area contributed by atoms with Gasteiger partial charge >= 0.3 is 0 Å². The Bertz CT molecular complexity index is 1030. The average Bonchev–Trinajstić information content (AvgIpc) is 2.76. The lowest BCUT2D eigenvalue weighted by molar-refractivity contribution is -0.142. The predicted octanol–water partition coefficient (Wildman–Crippen LogP) is 1.53. The number of nitrogens with one attached hydrogen (secondary N) is 2. The molecule has 1 fully saturated rings. The van der Waals surface area contributed by atoms with Crippen LogP contribution in [0, 0.1) is 0 Å². The minimum absolute atomic E-state index is 0.0457. The van der Waals surface area contributed by atoms with Crippen molar-refractivity contribution in [3.05, 3.63) is 40.3 Å². The van der Waals surface area contributed by atoms with Crippen LogP contribution < -0.4 is 16.4 Å². The van der Waals surface area contributed by atoms with Crippen molar-refractivity contribution in [2.45, 2.75) is 58.5 Å². The third-order valence-corrected chi connectivity index (χ3v) is 5.26. The summed E-state index contributed by atoms with van der Waals surface area (Å²) >= 11 is 0. The molecule has 0 aliphatic carbocycles. The van der Waals surface area contributed by atoms with Crippen molar-refractivity contribution >= 4 is 28.5 Å². The molecule has 2 heterocycles. The molecule has 3 rings (SSSR count). The second-order valence-corrected chi connectivity index (χ2v) is 7.63. The molecule has 1 unspecified atom stereocenters. The summed E-state index contributed by atoms with van der Waals surface area (Å²) in [5, 5.41) is 5.01. The normalized spacial score (nSPS) is 16.5. The summed E-state index contributed by atoms with van der Waals surface area (Å²) in [6.45, 7) is 5.89. The summed E-state index contributed by atoms with van der Waals surface area (Å²) in [7, 11) is 0. The first-order chi connectivity index (χ1) is 14.3. The molecule has 1 aliphatic rings. The number of carbonyl (C=O) groups is 3. The summed E-state index contributed by atoms with van der Waals surface area (Å²) in [6, 6.07) is 5.88. The SMILES string of the molecule is CCC(=O)N1CCCCC1C(=O)NNC(=O)c1nn(C(C)C)c(=O)c2ccccc12. The maximum atomic E-state index is 12.8. The molecule has 0 bridgehead atoms. The highest BCUT2D eigenvalue weighted by atomic mass is 16.2. The van der Waals surface area contributed by atoms with Crippen LogP contribution in [-0.2, 0) is 9.59 Å². The fourth-order valence-electron chi connectivity index (χ4n) is 3.69. The number of hydrogen-bond acceptors (Lipinski definition) is 5. The molecule has 1 aromatic carbocycles. The van der Waals surface area contributed by atoms with Crippen LogP contribution in [0.3, 0.4) is 0 Å². The largest absolute Gasteiger partial charge is 0.331 e. The zero-order valence-corrected chi connectivity index (χ0v) is 17.5. The molecule has 2 aromatic rings. The monoisotopic (exact) mass is 413 g/mol. The molecule has 1 atom stereocenters. The fourth-order valence-corrected chi connectivity index (χ4v) is 3.69. The summed E-state index contributed by atoms with van der Waals surface area (Å²) < 4.78 is 1.25. The Labute approximate surface area is 174 Å². The van der Waals surface area contributed by atoms with E-state index in [0.29, 0.717) is 30.2 Å². The molecule has 0 spiro atoms. The van der Waals surface area contributed by atoms with Gasteiger partial charge in [0.25, 0.3) is 17.4 Å². The molecule has 160 valence electrons. The molecule has 0 radical (unpaired) electrons. The highest BCUT2D eigenvalue weighted by molar-refractivity contribution is 6.05. The lowest BCUT2D eigenvalue weighted by Gasteiger charge is -2.34. The van der Waals surface area contributed by atoms with Crippen LogP contribution in [0.5, 0.6) is 0 Å². The number of hydrogen-bond donors (Lipinski definition) is 2. The Morgan fingerprint density at radius 1 is 1.13 bits per heavy atom. The highest BCUT2D eigenvalue weighted by Gasteiger charge is 2.31. The molecule has 2 N–H and O–H groups in total. The van der Waals surface area contributed by atoms with Crippen LogP contribution >= 0.6 is 0 Å². The Morgan fingerprint density at radius 3 is 2.50 bits per heavy atom. The second-order valence-electron chi connectivity index (χ2n) is 7.63. The summed E-state index contributed by atoms with van der Waals surface area (Å²) in [6.07, 6.45) is 2.56. The van der Waals surface area contributed by atoms with Crippen molar-refractivity contribution in [1.29, 1.82) is 0 Å². The van der Waals surface area contributed by atoms with Crippen molar-refractivity contribution in [2.24, 2.45) is 0 Å². The van der Waals surface area contributed by atoms with E-state index in [9.17, 15) is 19.2 Å². The lowest BCUT2D eigenvalue weighted by Crippen LogP contribution is -2.55. The van der Waals surface area contributed by atoms with Crippen LogP contribution in [0.1, 0.15) is 63.0 Å². The Hall–Kier alpha value is -3.23. The smallest absolute Gasteiger partial charge is 0.290 e. The van der Waals surface area contributed by atoms with Gasteiger partial charge < -0.3 is 4.90 Å². The maximum absolute atomic E-state index is 12.8. The van der Waals surface area contributed by atoms with Crippen LogP contribution in [0.2, 0.25) is 0 Å². The van der Waals surface area contributed by atoms with Crippen molar-refractivity contribution in [3.63, 3.8) is 0 Å². The summed E-state index contributed by atoms with van der Waals surface area (Å²) in [5.41, 5.74) is 4.59. The van der Waals surface area contributed by atoms with E-state index in [1.165, 1.54) is 4.68 Å². The highest BCUT2D eigenvalue weighted by Crippen LogP contribution is 2.18. The molecule has 9 heteroatoms. The topological polar surface area (TPSA) is 113 Å². The van der Waals surface area contributed by atoms with Crippen LogP contribution in [0.25, 0.3) is 10.8 Å². The predicted molar refractivity (Wildman–Crippen MR) is 112 cm³/mol. The number of piperidine rings is 1. The molecule has 30 heavy (non-hydrogen) atoms. The average molecular weight is 413 g/mol. The van der Waals surface area contributed by atoms with Gasteiger partial charge in [0.1, 0.15) is 6.04 Å². The first-order valence-electron chi connectivity index (χ1n) is 10.3. The number of carbonyl (C=O) groups excluding carboxylic acids is 3. The number of aromatic nitrogens is 2. The van der Waals surface area contributed by atoms with Gasteiger partial charge in [0, 0.05) is 18.4 Å². The van der Waals surface area contributed by atoms with Gasteiger partial charge in [0.05, 0.1) is 11.4 Å². The first kappa shape index (κ1) is 21.5. The number of amides is 3. The maximum Gasteiger partial charge on any atom is 0.290 e. The number of nitrogens with zero attached hydrogens (tertiary/aromatic N) is 3. The number of likely N-dealkylation sites (tertiary alicyclic amines) is 1. The van der Waals surface area contributed by atoms with Crippen molar-refractivity contribution in [1.82, 2.24) is 25.5 Å². The van der Waals surface area contributed by atoms with Crippen molar-refractivity contribution < 1.29 is 14.4 Å². The van der Waals surface area contributed by atoms with E-state index in [2.05, 4.69) is 16.0 Å². The van der Waals surface area contributed by atoms with Gasteiger partial charge in [-0.2, -0.15) is 5.10 Å². The van der Waals surface area contributed by atoms with Crippen molar-refractivity contribution in [3.8, 4) is 0 Å². The summed E-state index contributed by atoms with van der Waals surface area (Å²) in [4.78, 5) is 51.8. The number of hydrazine groups is 1. The van der Waals surface area contributed by atoms with Gasteiger partial charge in [0.2, 0.25) is 5.91 Å². The number of benzene rings is 1. The molecule has 0 saturated carbocycles. The van der Waals surface area contributed by atoms with Crippen molar-refractivity contribution in [2.75, 3.05) is 6.54 Å². The molecule has 3 amide bonds. The minimum Gasteiger partial charge on any atom is -0.331 e. The van der Waals surface area contributed by atoms with E-state index in [-0.39, 0.29) is 23.2 Å². The number of rotatable bonds is 4. The van der Waals surface area contributed by atoms with E-state index >= 15 is 0 Å². The van der Waals surface area contributed by atoms with Crippen LogP contribution in [-0.4, -0.2) is 45.0 Å². The molecular weight excluding hydrogens is 386 g/mol.